The summed E-state index contributed by atoms with van der Waals surface area (Å²) < 4.78 is 24.5. The van der Waals surface area contributed by atoms with Crippen LogP contribution in [0, 0.1) is 11.8 Å². The normalized spacial score (nSPS) is 33.3. The molecule has 162 valence electrons. The molecule has 6 atom stereocenters. The zero-order valence-electron chi connectivity index (χ0n) is 16.5. The minimum Gasteiger partial charge on any atom is -0.477 e. The Labute approximate surface area is 174 Å². The fourth-order valence-electron chi connectivity index (χ4n) is 4.26. The number of nitrogens with one attached hydrogen (secondary N) is 2. The lowest BCUT2D eigenvalue weighted by Gasteiger charge is -2.46. The molecule has 1 amide bonds. The molecular formula is C18H27N3O6S2. The van der Waals surface area contributed by atoms with E-state index < -0.39 is 28.0 Å². The topological polar surface area (TPSA) is 136 Å². The van der Waals surface area contributed by atoms with E-state index in [-0.39, 0.29) is 41.4 Å². The van der Waals surface area contributed by atoms with Gasteiger partial charge in [-0.1, -0.05) is 19.1 Å². The maximum absolute atomic E-state index is 12.4. The lowest BCUT2D eigenvalue weighted by Crippen LogP contribution is -2.63. The molecule has 0 aromatic rings. The summed E-state index contributed by atoms with van der Waals surface area (Å²) >= 11 is 1.49. The number of β-lactam (4-membered cyclic amide) rings is 1. The highest BCUT2D eigenvalue weighted by molar-refractivity contribution is 8.03. The lowest BCUT2D eigenvalue weighted by molar-refractivity contribution is -0.163. The van der Waals surface area contributed by atoms with Crippen molar-refractivity contribution in [3.05, 3.63) is 22.8 Å². The number of rotatable bonds is 8. The van der Waals surface area contributed by atoms with Gasteiger partial charge in [0.15, 0.2) is 0 Å². The lowest BCUT2D eigenvalue weighted by atomic mass is 9.79. The monoisotopic (exact) mass is 445 g/mol. The number of aliphatic hydroxyl groups excluding tert-OH is 1. The van der Waals surface area contributed by atoms with Gasteiger partial charge in [-0.05, 0) is 13.3 Å². The Morgan fingerprint density at radius 2 is 2.17 bits per heavy atom. The van der Waals surface area contributed by atoms with E-state index in [0.717, 1.165) is 12.7 Å². The first kappa shape index (κ1) is 22.3. The van der Waals surface area contributed by atoms with Crippen LogP contribution in [-0.4, -0.2) is 78.2 Å². The van der Waals surface area contributed by atoms with Crippen LogP contribution < -0.4 is 10.0 Å². The second-order valence-electron chi connectivity index (χ2n) is 7.81. The third kappa shape index (κ3) is 4.53. The van der Waals surface area contributed by atoms with Crippen LogP contribution in [0.25, 0.3) is 0 Å². The predicted molar refractivity (Wildman–Crippen MR) is 109 cm³/mol. The molecule has 9 nitrogen and oxygen atoms in total. The zero-order valence-corrected chi connectivity index (χ0v) is 18.2. The van der Waals surface area contributed by atoms with E-state index in [1.54, 1.807) is 13.0 Å². The third-order valence-corrected chi connectivity index (χ3v) is 7.76. The van der Waals surface area contributed by atoms with Crippen LogP contribution in [0.15, 0.2) is 22.8 Å². The van der Waals surface area contributed by atoms with Gasteiger partial charge in [0.2, 0.25) is 15.9 Å². The molecule has 0 saturated carbocycles. The van der Waals surface area contributed by atoms with Crippen molar-refractivity contribution >= 4 is 33.7 Å². The molecule has 4 N–H and O–H groups in total. The third-order valence-electron chi connectivity index (χ3n) is 5.56. The zero-order chi connectivity index (χ0) is 21.5. The standard InChI is InChI=1S/C18H27N3O6S2/c1-9-14-13(10(2)22)17(23)21(14)15(18(24)25)16(9)28-12-7-11(19-8-12)5-4-6-20-29(3,26)27/h4-5,9-14,19-20,22H,6-8H2,1-3H3,(H,24,25)/b5-4+/t9-,10-,11-,12+,13-,14?/m1/s1. The number of hydrogen-bond acceptors (Lipinski definition) is 7. The Morgan fingerprint density at radius 3 is 2.76 bits per heavy atom. The summed E-state index contributed by atoms with van der Waals surface area (Å²) in [6, 6.07) is -0.230. The van der Waals surface area contributed by atoms with Crippen molar-refractivity contribution in [3.8, 4) is 0 Å². The Morgan fingerprint density at radius 1 is 1.48 bits per heavy atom. The van der Waals surface area contributed by atoms with Gasteiger partial charge in [0.1, 0.15) is 5.70 Å². The number of hydrogen-bond donors (Lipinski definition) is 4. The van der Waals surface area contributed by atoms with E-state index in [2.05, 4.69) is 10.0 Å². The summed E-state index contributed by atoms with van der Waals surface area (Å²) in [6.45, 7) is 4.38. The van der Waals surface area contributed by atoms with Gasteiger partial charge in [0, 0.05) is 35.2 Å². The Kier molecular flexibility index (Phi) is 6.44. The molecule has 11 heteroatoms. The number of sulfonamides is 1. The molecule has 0 aromatic carbocycles. The number of nitrogens with zero attached hydrogens (tertiary/aromatic N) is 1. The Balaban J connectivity index is 1.65. The van der Waals surface area contributed by atoms with Crippen molar-refractivity contribution in [2.24, 2.45) is 11.8 Å². The Bertz CT molecular complexity index is 854. The number of thioether (sulfide) groups is 1. The number of carboxylic acid groups (broad SMARTS) is 1. The van der Waals surface area contributed by atoms with E-state index in [4.69, 9.17) is 0 Å². The smallest absolute Gasteiger partial charge is 0.353 e. The van der Waals surface area contributed by atoms with Crippen molar-refractivity contribution in [3.63, 3.8) is 0 Å². The fraction of sp³-hybridized carbons (Fsp3) is 0.667. The van der Waals surface area contributed by atoms with Crippen LogP contribution >= 0.6 is 11.8 Å². The van der Waals surface area contributed by atoms with Crippen molar-refractivity contribution in [1.29, 1.82) is 0 Å². The Hall–Kier alpha value is -1.40. The van der Waals surface area contributed by atoms with Crippen LogP contribution in [0.3, 0.4) is 0 Å². The molecule has 0 aliphatic carbocycles. The largest absolute Gasteiger partial charge is 0.477 e. The number of fused-ring (bicyclic) bond motifs is 1. The first-order valence-corrected chi connectivity index (χ1v) is 12.3. The van der Waals surface area contributed by atoms with Crippen LogP contribution in [-0.2, 0) is 19.6 Å². The summed E-state index contributed by atoms with van der Waals surface area (Å²) in [6.07, 6.45) is 4.72. The maximum atomic E-state index is 12.4. The van der Waals surface area contributed by atoms with Crippen LogP contribution in [0.5, 0.6) is 0 Å². The molecule has 2 saturated heterocycles. The predicted octanol–water partition coefficient (Wildman–Crippen LogP) is -0.291. The number of carbonyl (C=O) groups excluding carboxylic acids is 1. The highest BCUT2D eigenvalue weighted by Gasteiger charge is 2.60. The first-order chi connectivity index (χ1) is 13.5. The summed E-state index contributed by atoms with van der Waals surface area (Å²) in [5, 5.41) is 23.1. The number of carbonyl (C=O) groups is 2. The number of amides is 1. The van der Waals surface area contributed by atoms with Gasteiger partial charge >= 0.3 is 5.97 Å². The second kappa shape index (κ2) is 8.38. The van der Waals surface area contributed by atoms with Gasteiger partial charge in [-0.3, -0.25) is 4.79 Å². The summed E-state index contributed by atoms with van der Waals surface area (Å²) in [5.74, 6) is -2.14. The SMILES string of the molecule is C[C@H]1C(S[C@@H]2CN[C@H](/C=C/CNS(C)(=O)=O)C2)=C(C(=O)O)N2C(=O)[C@H]([C@@H](C)O)C12. The number of aliphatic carboxylic acids is 1. The average Bonchev–Trinajstić information content (AvgIpc) is 3.13. The van der Waals surface area contributed by atoms with Gasteiger partial charge in [-0.15, -0.1) is 11.8 Å². The maximum Gasteiger partial charge on any atom is 0.353 e. The summed E-state index contributed by atoms with van der Waals surface area (Å²) in [5.41, 5.74) is 0.0470. The molecule has 0 bridgehead atoms. The molecule has 0 radical (unpaired) electrons. The quantitative estimate of drug-likeness (QED) is 0.296. The highest BCUT2D eigenvalue weighted by Crippen LogP contribution is 2.51. The molecule has 3 aliphatic rings. The van der Waals surface area contributed by atoms with E-state index in [1.807, 2.05) is 13.0 Å². The van der Waals surface area contributed by atoms with Gasteiger partial charge in [0.25, 0.3) is 0 Å². The van der Waals surface area contributed by atoms with Crippen LogP contribution in [0.1, 0.15) is 20.3 Å². The minimum absolute atomic E-state index is 0.0470. The minimum atomic E-state index is -3.22. The van der Waals surface area contributed by atoms with E-state index in [1.165, 1.54) is 16.7 Å². The molecule has 3 aliphatic heterocycles. The van der Waals surface area contributed by atoms with Crippen molar-refractivity contribution in [2.45, 2.75) is 43.7 Å². The number of carboxylic acids is 1. The summed E-state index contributed by atoms with van der Waals surface area (Å²) in [4.78, 5) is 26.3. The van der Waals surface area contributed by atoms with Crippen LogP contribution in [0.4, 0.5) is 0 Å². The van der Waals surface area contributed by atoms with Gasteiger partial charge in [-0.25, -0.2) is 17.9 Å². The molecular weight excluding hydrogens is 418 g/mol. The first-order valence-electron chi connectivity index (χ1n) is 9.51. The van der Waals surface area contributed by atoms with E-state index >= 15 is 0 Å². The van der Waals surface area contributed by atoms with Crippen molar-refractivity contribution in [1.82, 2.24) is 14.9 Å². The average molecular weight is 446 g/mol. The summed E-state index contributed by atoms with van der Waals surface area (Å²) in [7, 11) is -3.22. The fourth-order valence-corrected chi connectivity index (χ4v) is 6.15. The van der Waals surface area contributed by atoms with Crippen molar-refractivity contribution in [2.75, 3.05) is 19.3 Å². The molecule has 0 aromatic heterocycles. The highest BCUT2D eigenvalue weighted by atomic mass is 32.2. The van der Waals surface area contributed by atoms with Gasteiger partial charge in [0.05, 0.1) is 24.3 Å². The molecule has 3 heterocycles. The second-order valence-corrected chi connectivity index (χ2v) is 11.0. The number of aliphatic hydroxyl groups is 1. The molecule has 1 unspecified atom stereocenters. The molecule has 0 spiro atoms. The van der Waals surface area contributed by atoms with E-state index in [0.29, 0.717) is 11.4 Å². The van der Waals surface area contributed by atoms with Crippen molar-refractivity contribution < 1.29 is 28.2 Å². The van der Waals surface area contributed by atoms with Crippen LogP contribution in [0.2, 0.25) is 0 Å². The van der Waals surface area contributed by atoms with Gasteiger partial charge < -0.3 is 20.4 Å². The molecule has 29 heavy (non-hydrogen) atoms. The molecule has 2 fully saturated rings. The van der Waals surface area contributed by atoms with Gasteiger partial charge in [-0.2, -0.15) is 0 Å². The van der Waals surface area contributed by atoms with E-state index in [9.17, 15) is 28.2 Å². The molecule has 3 rings (SSSR count).